The van der Waals surface area contributed by atoms with Gasteiger partial charge in [-0.05, 0) is 6.42 Å². The van der Waals surface area contributed by atoms with Gasteiger partial charge in [-0.3, -0.25) is 0 Å². The number of aromatic nitrogens is 3. The van der Waals surface area contributed by atoms with Crippen LogP contribution in [0.15, 0.2) is 6.33 Å². The number of nitrogens with zero attached hydrogens (tertiary/aromatic N) is 3. The summed E-state index contributed by atoms with van der Waals surface area (Å²) in [6, 6.07) is -0.0284. The minimum Gasteiger partial charge on any atom is -0.383 e. The summed E-state index contributed by atoms with van der Waals surface area (Å²) in [6.07, 6.45) is 2.55. The van der Waals surface area contributed by atoms with Crippen LogP contribution in [0.5, 0.6) is 0 Å². The molecule has 1 atom stereocenters. The lowest BCUT2D eigenvalue weighted by molar-refractivity contribution is 0.185. The third-order valence-corrected chi connectivity index (χ3v) is 1.95. The molecule has 1 heterocycles. The Morgan fingerprint density at radius 3 is 3.08 bits per heavy atom. The Morgan fingerprint density at radius 1 is 1.69 bits per heavy atom. The number of nitrogens with two attached hydrogens (primary N) is 1. The van der Waals surface area contributed by atoms with Gasteiger partial charge in [0.25, 0.3) is 0 Å². The average Bonchev–Trinajstić information content (AvgIpc) is 2.61. The van der Waals surface area contributed by atoms with Crippen molar-refractivity contribution in [3.8, 4) is 0 Å². The van der Waals surface area contributed by atoms with Gasteiger partial charge in [-0.15, -0.1) is 10.2 Å². The van der Waals surface area contributed by atoms with Gasteiger partial charge in [-0.25, -0.2) is 0 Å². The molecule has 5 nitrogen and oxygen atoms in total. The lowest BCUT2D eigenvalue weighted by Gasteiger charge is -2.09. The molecule has 2 N–H and O–H groups in total. The van der Waals surface area contributed by atoms with Crippen molar-refractivity contribution in [1.29, 1.82) is 0 Å². The molecule has 0 fully saturated rings. The van der Waals surface area contributed by atoms with Gasteiger partial charge in [0.05, 0.1) is 12.6 Å². The summed E-state index contributed by atoms with van der Waals surface area (Å²) >= 11 is 0. The van der Waals surface area contributed by atoms with E-state index in [4.69, 9.17) is 10.5 Å². The average molecular weight is 184 g/mol. The Hall–Kier alpha value is -0.940. The first-order valence-corrected chi connectivity index (χ1v) is 4.41. The first kappa shape index (κ1) is 10.1. The van der Waals surface area contributed by atoms with Crippen LogP contribution in [-0.4, -0.2) is 28.5 Å². The highest BCUT2D eigenvalue weighted by Gasteiger charge is 2.10. The molecular weight excluding hydrogens is 168 g/mol. The van der Waals surface area contributed by atoms with E-state index in [9.17, 15) is 0 Å². The van der Waals surface area contributed by atoms with Crippen molar-refractivity contribution in [3.63, 3.8) is 0 Å². The molecule has 0 saturated heterocycles. The van der Waals surface area contributed by atoms with Crippen LogP contribution in [0.1, 0.15) is 25.2 Å². The third kappa shape index (κ3) is 2.50. The Bertz CT molecular complexity index is 248. The summed E-state index contributed by atoms with van der Waals surface area (Å²) in [5.41, 5.74) is 5.85. The van der Waals surface area contributed by atoms with E-state index in [1.54, 1.807) is 13.4 Å². The minimum absolute atomic E-state index is 0.0284. The maximum atomic E-state index is 5.85. The van der Waals surface area contributed by atoms with E-state index in [2.05, 4.69) is 10.2 Å². The summed E-state index contributed by atoms with van der Waals surface area (Å²) in [5, 5.41) is 7.79. The molecule has 0 unspecified atom stereocenters. The van der Waals surface area contributed by atoms with Gasteiger partial charge < -0.3 is 15.0 Å². The summed E-state index contributed by atoms with van der Waals surface area (Å²) in [7, 11) is 1.67. The summed E-state index contributed by atoms with van der Waals surface area (Å²) in [4.78, 5) is 0. The number of rotatable bonds is 5. The SMILES string of the molecule is CC[C@@H](N)c1nncn1CCOC. The van der Waals surface area contributed by atoms with E-state index in [-0.39, 0.29) is 6.04 Å². The molecule has 0 radical (unpaired) electrons. The molecule has 13 heavy (non-hydrogen) atoms. The van der Waals surface area contributed by atoms with Crippen LogP contribution >= 0.6 is 0 Å². The zero-order valence-electron chi connectivity index (χ0n) is 8.10. The van der Waals surface area contributed by atoms with E-state index >= 15 is 0 Å². The fourth-order valence-corrected chi connectivity index (χ4v) is 1.10. The second-order valence-corrected chi connectivity index (χ2v) is 2.89. The Balaban J connectivity index is 2.65. The second kappa shape index (κ2) is 4.94. The maximum Gasteiger partial charge on any atom is 0.149 e. The molecule has 0 bridgehead atoms. The first-order chi connectivity index (χ1) is 6.29. The van der Waals surface area contributed by atoms with Crippen molar-refractivity contribution < 1.29 is 4.74 Å². The van der Waals surface area contributed by atoms with Gasteiger partial charge in [0, 0.05) is 13.7 Å². The predicted molar refractivity (Wildman–Crippen MR) is 49.1 cm³/mol. The minimum atomic E-state index is -0.0284. The smallest absolute Gasteiger partial charge is 0.149 e. The van der Waals surface area contributed by atoms with Gasteiger partial charge in [0.1, 0.15) is 12.2 Å². The Labute approximate surface area is 77.9 Å². The van der Waals surface area contributed by atoms with Crippen LogP contribution in [0.3, 0.4) is 0 Å². The van der Waals surface area contributed by atoms with Crippen LogP contribution < -0.4 is 5.73 Å². The quantitative estimate of drug-likeness (QED) is 0.716. The van der Waals surface area contributed by atoms with Crippen LogP contribution in [0, 0.1) is 0 Å². The number of ether oxygens (including phenoxy) is 1. The molecule has 1 aromatic heterocycles. The summed E-state index contributed by atoms with van der Waals surface area (Å²) in [5.74, 6) is 0.833. The molecule has 0 saturated carbocycles. The Kier molecular flexibility index (Phi) is 3.85. The summed E-state index contributed by atoms with van der Waals surface area (Å²) in [6.45, 7) is 3.44. The topological polar surface area (TPSA) is 66.0 Å². The van der Waals surface area contributed by atoms with Gasteiger partial charge in [-0.2, -0.15) is 0 Å². The van der Waals surface area contributed by atoms with Gasteiger partial charge in [0.15, 0.2) is 0 Å². The van der Waals surface area contributed by atoms with Gasteiger partial charge in [-0.1, -0.05) is 6.92 Å². The highest BCUT2D eigenvalue weighted by atomic mass is 16.5. The molecule has 0 aromatic carbocycles. The number of hydrogen-bond donors (Lipinski definition) is 1. The standard InChI is InChI=1S/C8H16N4O/c1-3-7(9)8-11-10-6-12(8)4-5-13-2/h6-7H,3-5,9H2,1-2H3/t7-/m1/s1. The molecule has 0 aliphatic rings. The molecule has 0 aliphatic heterocycles. The highest BCUT2D eigenvalue weighted by molar-refractivity contribution is 4.92. The van der Waals surface area contributed by atoms with E-state index in [0.29, 0.717) is 6.61 Å². The molecule has 5 heteroatoms. The van der Waals surface area contributed by atoms with E-state index < -0.39 is 0 Å². The van der Waals surface area contributed by atoms with E-state index in [1.165, 1.54) is 0 Å². The second-order valence-electron chi connectivity index (χ2n) is 2.89. The van der Waals surface area contributed by atoms with E-state index in [0.717, 1.165) is 18.8 Å². The molecule has 0 spiro atoms. The summed E-state index contributed by atoms with van der Waals surface area (Å²) < 4.78 is 6.89. The molecule has 0 aliphatic carbocycles. The third-order valence-electron chi connectivity index (χ3n) is 1.95. The van der Waals surface area contributed by atoms with Crippen LogP contribution in [0.2, 0.25) is 0 Å². The monoisotopic (exact) mass is 184 g/mol. The number of hydrogen-bond acceptors (Lipinski definition) is 4. The van der Waals surface area contributed by atoms with Crippen molar-refractivity contribution in [2.75, 3.05) is 13.7 Å². The van der Waals surface area contributed by atoms with Crippen molar-refractivity contribution in [2.45, 2.75) is 25.9 Å². The van der Waals surface area contributed by atoms with Crippen LogP contribution in [0.25, 0.3) is 0 Å². The van der Waals surface area contributed by atoms with Crippen LogP contribution in [0.4, 0.5) is 0 Å². The fraction of sp³-hybridized carbons (Fsp3) is 0.750. The molecule has 0 amide bonds. The number of methoxy groups -OCH3 is 1. The van der Waals surface area contributed by atoms with Crippen molar-refractivity contribution in [1.82, 2.24) is 14.8 Å². The molecular formula is C8H16N4O. The van der Waals surface area contributed by atoms with Gasteiger partial charge in [0.2, 0.25) is 0 Å². The zero-order valence-corrected chi connectivity index (χ0v) is 8.10. The fourth-order valence-electron chi connectivity index (χ4n) is 1.10. The van der Waals surface area contributed by atoms with E-state index in [1.807, 2.05) is 11.5 Å². The van der Waals surface area contributed by atoms with Crippen molar-refractivity contribution in [3.05, 3.63) is 12.2 Å². The normalized spacial score (nSPS) is 13.2. The maximum absolute atomic E-state index is 5.85. The van der Waals surface area contributed by atoms with Gasteiger partial charge >= 0.3 is 0 Å². The largest absolute Gasteiger partial charge is 0.383 e. The Morgan fingerprint density at radius 2 is 2.46 bits per heavy atom. The van der Waals surface area contributed by atoms with Crippen molar-refractivity contribution in [2.24, 2.45) is 5.73 Å². The lowest BCUT2D eigenvalue weighted by atomic mass is 10.2. The predicted octanol–water partition coefficient (Wildman–Crippen LogP) is 0.334. The highest BCUT2D eigenvalue weighted by Crippen LogP contribution is 2.09. The zero-order chi connectivity index (χ0) is 9.68. The van der Waals surface area contributed by atoms with Crippen LogP contribution in [-0.2, 0) is 11.3 Å². The molecule has 1 rings (SSSR count). The van der Waals surface area contributed by atoms with Crippen molar-refractivity contribution >= 4 is 0 Å². The lowest BCUT2D eigenvalue weighted by Crippen LogP contribution is -2.17. The molecule has 1 aromatic rings. The molecule has 74 valence electrons. The first-order valence-electron chi connectivity index (χ1n) is 4.41.